The fraction of sp³-hybridized carbons (Fsp3) is 0.333. The van der Waals surface area contributed by atoms with Crippen molar-refractivity contribution >= 4 is 27.3 Å². The van der Waals surface area contributed by atoms with Crippen LogP contribution >= 0.6 is 27.3 Å². The smallest absolute Gasteiger partial charge is 0.119 e. The van der Waals surface area contributed by atoms with Gasteiger partial charge in [-0.3, -0.25) is 0 Å². The Morgan fingerprint density at radius 3 is 2.50 bits per heavy atom. The second kappa shape index (κ2) is 7.78. The maximum Gasteiger partial charge on any atom is 0.119 e. The third-order valence-electron chi connectivity index (χ3n) is 2.74. The van der Waals surface area contributed by atoms with Gasteiger partial charge in [0.15, 0.2) is 0 Å². The van der Waals surface area contributed by atoms with Gasteiger partial charge >= 0.3 is 0 Å². The molecule has 1 aromatic heterocycles. The van der Waals surface area contributed by atoms with Crippen molar-refractivity contribution in [1.82, 2.24) is 0 Å². The Morgan fingerprint density at radius 1 is 1.15 bits per heavy atom. The molecular formula is C15H18BrNO2S. The molecular weight excluding hydrogens is 338 g/mol. The van der Waals surface area contributed by atoms with Crippen molar-refractivity contribution in [3.63, 3.8) is 0 Å². The molecule has 2 rings (SSSR count). The van der Waals surface area contributed by atoms with Crippen molar-refractivity contribution in [3.8, 4) is 5.75 Å². The highest BCUT2D eigenvalue weighted by atomic mass is 79.9. The van der Waals surface area contributed by atoms with Crippen LogP contribution in [-0.4, -0.2) is 19.3 Å². The Hall–Kier alpha value is -0.880. The average Bonchev–Trinajstić information content (AvgIpc) is 2.85. The SMILES string of the molecule is CC(N)C(OCCOc1ccccc1)c1ccc(Br)s1. The molecule has 0 fully saturated rings. The predicted octanol–water partition coefficient (Wildman–Crippen LogP) is 3.99. The predicted molar refractivity (Wildman–Crippen MR) is 86.3 cm³/mol. The van der Waals surface area contributed by atoms with E-state index in [1.54, 1.807) is 11.3 Å². The summed E-state index contributed by atoms with van der Waals surface area (Å²) in [5.41, 5.74) is 6.00. The molecule has 0 aliphatic heterocycles. The first-order valence-electron chi connectivity index (χ1n) is 6.47. The summed E-state index contributed by atoms with van der Waals surface area (Å²) < 4.78 is 12.6. The lowest BCUT2D eigenvalue weighted by Gasteiger charge is -2.20. The Kier molecular flexibility index (Phi) is 6.04. The number of hydrogen-bond donors (Lipinski definition) is 1. The van der Waals surface area contributed by atoms with Crippen LogP contribution in [0.4, 0.5) is 0 Å². The van der Waals surface area contributed by atoms with Gasteiger partial charge in [0, 0.05) is 10.9 Å². The molecule has 0 amide bonds. The minimum absolute atomic E-state index is 0.0581. The zero-order chi connectivity index (χ0) is 14.4. The lowest BCUT2D eigenvalue weighted by Crippen LogP contribution is -2.27. The molecule has 20 heavy (non-hydrogen) atoms. The molecule has 2 aromatic rings. The van der Waals surface area contributed by atoms with Gasteiger partial charge in [-0.25, -0.2) is 0 Å². The van der Waals surface area contributed by atoms with Gasteiger partial charge in [-0.2, -0.15) is 0 Å². The van der Waals surface area contributed by atoms with Crippen molar-refractivity contribution in [2.45, 2.75) is 19.1 Å². The summed E-state index contributed by atoms with van der Waals surface area (Å²) in [6.07, 6.45) is -0.0920. The highest BCUT2D eigenvalue weighted by molar-refractivity contribution is 9.11. The zero-order valence-corrected chi connectivity index (χ0v) is 13.7. The van der Waals surface area contributed by atoms with E-state index in [9.17, 15) is 0 Å². The minimum atomic E-state index is -0.0920. The summed E-state index contributed by atoms with van der Waals surface area (Å²) in [4.78, 5) is 1.13. The van der Waals surface area contributed by atoms with E-state index in [-0.39, 0.29) is 12.1 Å². The van der Waals surface area contributed by atoms with E-state index in [1.807, 2.05) is 49.4 Å². The van der Waals surface area contributed by atoms with E-state index in [4.69, 9.17) is 15.2 Å². The molecule has 0 aliphatic rings. The van der Waals surface area contributed by atoms with E-state index < -0.39 is 0 Å². The van der Waals surface area contributed by atoms with Gasteiger partial charge in [0.25, 0.3) is 0 Å². The summed E-state index contributed by atoms with van der Waals surface area (Å²) in [5.74, 6) is 0.854. The molecule has 1 heterocycles. The monoisotopic (exact) mass is 355 g/mol. The van der Waals surface area contributed by atoms with E-state index >= 15 is 0 Å². The zero-order valence-electron chi connectivity index (χ0n) is 11.3. The Balaban J connectivity index is 1.81. The van der Waals surface area contributed by atoms with Crippen LogP contribution in [0.3, 0.4) is 0 Å². The third kappa shape index (κ3) is 4.59. The highest BCUT2D eigenvalue weighted by Crippen LogP contribution is 2.30. The number of hydrogen-bond acceptors (Lipinski definition) is 4. The molecule has 0 saturated heterocycles. The molecule has 0 bridgehead atoms. The first kappa shape index (κ1) is 15.5. The summed E-state index contributed by atoms with van der Waals surface area (Å²) in [5, 5.41) is 0. The van der Waals surface area contributed by atoms with Gasteiger partial charge in [-0.15, -0.1) is 11.3 Å². The Labute approximate surface area is 131 Å². The molecule has 0 aliphatic carbocycles. The minimum Gasteiger partial charge on any atom is -0.491 e. The number of rotatable bonds is 7. The normalized spacial score (nSPS) is 13.9. The van der Waals surface area contributed by atoms with Crippen LogP contribution in [0.25, 0.3) is 0 Å². The second-order valence-electron chi connectivity index (χ2n) is 4.45. The van der Waals surface area contributed by atoms with Crippen molar-refractivity contribution in [3.05, 3.63) is 51.1 Å². The number of benzene rings is 1. The number of ether oxygens (including phenoxy) is 2. The van der Waals surface area contributed by atoms with E-state index in [2.05, 4.69) is 15.9 Å². The summed E-state index contributed by atoms with van der Waals surface area (Å²) in [7, 11) is 0. The summed E-state index contributed by atoms with van der Waals surface area (Å²) >= 11 is 5.11. The molecule has 2 atom stereocenters. The number of thiophene rings is 1. The van der Waals surface area contributed by atoms with Gasteiger partial charge < -0.3 is 15.2 Å². The lowest BCUT2D eigenvalue weighted by atomic mass is 10.1. The second-order valence-corrected chi connectivity index (χ2v) is 6.95. The molecule has 108 valence electrons. The maximum atomic E-state index is 6.00. The lowest BCUT2D eigenvalue weighted by molar-refractivity contribution is 0.0229. The first-order valence-corrected chi connectivity index (χ1v) is 8.08. The maximum absolute atomic E-state index is 6.00. The van der Waals surface area contributed by atoms with Crippen molar-refractivity contribution < 1.29 is 9.47 Å². The standard InChI is InChI=1S/C15H18BrNO2S/c1-11(17)15(13-7-8-14(16)20-13)19-10-9-18-12-5-3-2-4-6-12/h2-8,11,15H,9-10,17H2,1H3. The molecule has 1 aromatic carbocycles. The molecule has 2 N–H and O–H groups in total. The molecule has 3 nitrogen and oxygen atoms in total. The van der Waals surface area contributed by atoms with Gasteiger partial charge in [-0.05, 0) is 47.1 Å². The van der Waals surface area contributed by atoms with Gasteiger partial charge in [0.2, 0.25) is 0 Å². The largest absolute Gasteiger partial charge is 0.491 e. The summed E-state index contributed by atoms with van der Waals surface area (Å²) in [6.45, 7) is 2.98. The van der Waals surface area contributed by atoms with Crippen molar-refractivity contribution in [2.75, 3.05) is 13.2 Å². The molecule has 0 spiro atoms. The van der Waals surface area contributed by atoms with Crippen LogP contribution in [0.5, 0.6) is 5.75 Å². The fourth-order valence-corrected chi connectivity index (χ4v) is 3.41. The van der Waals surface area contributed by atoms with E-state index in [0.29, 0.717) is 13.2 Å². The third-order valence-corrected chi connectivity index (χ3v) is 4.43. The van der Waals surface area contributed by atoms with Crippen molar-refractivity contribution in [2.24, 2.45) is 5.73 Å². The number of para-hydroxylation sites is 1. The topological polar surface area (TPSA) is 44.5 Å². The van der Waals surface area contributed by atoms with Crippen LogP contribution in [-0.2, 0) is 4.74 Å². The summed E-state index contributed by atoms with van der Waals surface area (Å²) in [6, 6.07) is 13.7. The molecule has 2 unspecified atom stereocenters. The fourth-order valence-electron chi connectivity index (χ4n) is 1.83. The van der Waals surface area contributed by atoms with E-state index in [0.717, 1.165) is 14.4 Å². The highest BCUT2D eigenvalue weighted by Gasteiger charge is 2.18. The van der Waals surface area contributed by atoms with Crippen LogP contribution in [0, 0.1) is 0 Å². The van der Waals surface area contributed by atoms with Gasteiger partial charge in [0.1, 0.15) is 18.5 Å². The first-order chi connectivity index (χ1) is 9.66. The number of nitrogens with two attached hydrogens (primary N) is 1. The van der Waals surface area contributed by atoms with Crippen LogP contribution < -0.4 is 10.5 Å². The van der Waals surface area contributed by atoms with Crippen molar-refractivity contribution in [1.29, 1.82) is 0 Å². The average molecular weight is 356 g/mol. The van der Waals surface area contributed by atoms with Crippen LogP contribution in [0.1, 0.15) is 17.9 Å². The van der Waals surface area contributed by atoms with Gasteiger partial charge in [0.05, 0.1) is 10.4 Å². The van der Waals surface area contributed by atoms with Gasteiger partial charge in [-0.1, -0.05) is 18.2 Å². The quantitative estimate of drug-likeness (QED) is 0.763. The Morgan fingerprint density at radius 2 is 1.90 bits per heavy atom. The van der Waals surface area contributed by atoms with Crippen LogP contribution in [0.15, 0.2) is 46.3 Å². The molecule has 5 heteroatoms. The van der Waals surface area contributed by atoms with Crippen LogP contribution in [0.2, 0.25) is 0 Å². The Bertz CT molecular complexity index is 516. The molecule has 0 saturated carbocycles. The molecule has 0 radical (unpaired) electrons. The van der Waals surface area contributed by atoms with E-state index in [1.165, 1.54) is 0 Å². The number of halogens is 1.